The van der Waals surface area contributed by atoms with E-state index in [4.69, 9.17) is 5.11 Å². The first-order valence-electron chi connectivity index (χ1n) is 4.14. The zero-order valence-corrected chi connectivity index (χ0v) is 8.58. The van der Waals surface area contributed by atoms with Crippen LogP contribution in [0.3, 0.4) is 0 Å². The molecule has 0 amide bonds. The summed E-state index contributed by atoms with van der Waals surface area (Å²) in [4.78, 5) is 11.1. The molecule has 1 rings (SSSR count). The lowest BCUT2D eigenvalue weighted by Gasteiger charge is -2.01. The summed E-state index contributed by atoms with van der Waals surface area (Å²) in [7, 11) is 0. The summed E-state index contributed by atoms with van der Waals surface area (Å²) in [5.41, 5.74) is 0.788. The Labute approximate surface area is 86.1 Å². The van der Waals surface area contributed by atoms with E-state index in [-0.39, 0.29) is 12.3 Å². The topological polar surface area (TPSA) is 63.4 Å². The van der Waals surface area contributed by atoms with Gasteiger partial charge in [-0.15, -0.1) is 11.8 Å². The smallest absolute Gasteiger partial charge is 0.272 e. The fourth-order valence-corrected chi connectivity index (χ4v) is 1.84. The highest BCUT2D eigenvalue weighted by Crippen LogP contribution is 2.24. The van der Waals surface area contributed by atoms with Crippen molar-refractivity contribution in [3.05, 3.63) is 33.9 Å². The third kappa shape index (κ3) is 2.71. The van der Waals surface area contributed by atoms with E-state index in [1.165, 1.54) is 17.8 Å². The Morgan fingerprint density at radius 1 is 1.57 bits per heavy atom. The van der Waals surface area contributed by atoms with E-state index in [9.17, 15) is 10.1 Å². The number of thioether (sulfide) groups is 1. The normalized spacial score (nSPS) is 10.1. The van der Waals surface area contributed by atoms with Crippen LogP contribution in [0.2, 0.25) is 0 Å². The number of nitro benzene ring substituents is 1. The van der Waals surface area contributed by atoms with Gasteiger partial charge in [-0.05, 0) is 19.1 Å². The van der Waals surface area contributed by atoms with Crippen LogP contribution in [0.4, 0.5) is 5.69 Å². The molecule has 0 spiro atoms. The van der Waals surface area contributed by atoms with Crippen molar-refractivity contribution in [2.75, 3.05) is 12.4 Å². The van der Waals surface area contributed by atoms with Gasteiger partial charge in [0.15, 0.2) is 0 Å². The van der Waals surface area contributed by atoms with Crippen molar-refractivity contribution >= 4 is 17.4 Å². The Hall–Kier alpha value is -1.07. The Morgan fingerprint density at radius 3 is 2.79 bits per heavy atom. The van der Waals surface area contributed by atoms with E-state index < -0.39 is 4.92 Å². The van der Waals surface area contributed by atoms with Crippen LogP contribution < -0.4 is 0 Å². The number of aliphatic hydroxyl groups excluding tert-OH is 1. The van der Waals surface area contributed by atoms with Gasteiger partial charge in [0.1, 0.15) is 0 Å². The molecule has 1 N–H and O–H groups in total. The van der Waals surface area contributed by atoms with Gasteiger partial charge >= 0.3 is 0 Å². The molecule has 14 heavy (non-hydrogen) atoms. The van der Waals surface area contributed by atoms with Crippen molar-refractivity contribution in [1.29, 1.82) is 0 Å². The Kier molecular flexibility index (Phi) is 3.91. The summed E-state index contributed by atoms with van der Waals surface area (Å²) in [5, 5.41) is 19.1. The zero-order chi connectivity index (χ0) is 10.6. The van der Waals surface area contributed by atoms with Crippen molar-refractivity contribution in [3.8, 4) is 0 Å². The van der Waals surface area contributed by atoms with Crippen LogP contribution in [0.15, 0.2) is 23.1 Å². The number of benzene rings is 1. The molecule has 0 saturated carbocycles. The SMILES string of the molecule is Cc1cc(SCCO)ccc1[N+](=O)[O-]. The maximum absolute atomic E-state index is 10.5. The Morgan fingerprint density at radius 2 is 2.29 bits per heavy atom. The molecule has 1 aromatic carbocycles. The first kappa shape index (κ1) is 11.0. The minimum atomic E-state index is -0.393. The van der Waals surface area contributed by atoms with Gasteiger partial charge in [0.25, 0.3) is 5.69 Å². The van der Waals surface area contributed by atoms with Gasteiger partial charge in [-0.2, -0.15) is 0 Å². The fourth-order valence-electron chi connectivity index (χ4n) is 1.09. The van der Waals surface area contributed by atoms with Crippen LogP contribution in [0.25, 0.3) is 0 Å². The lowest BCUT2D eigenvalue weighted by atomic mass is 10.2. The van der Waals surface area contributed by atoms with Crippen LogP contribution in [0.5, 0.6) is 0 Å². The molecule has 0 aliphatic carbocycles. The summed E-state index contributed by atoms with van der Waals surface area (Å²) < 4.78 is 0. The van der Waals surface area contributed by atoms with Gasteiger partial charge in [0.05, 0.1) is 11.5 Å². The second kappa shape index (κ2) is 4.97. The maximum Gasteiger partial charge on any atom is 0.272 e. The van der Waals surface area contributed by atoms with Gasteiger partial charge in [-0.3, -0.25) is 10.1 Å². The van der Waals surface area contributed by atoms with E-state index in [0.717, 1.165) is 4.90 Å². The summed E-state index contributed by atoms with van der Waals surface area (Å²) in [5.74, 6) is 0.608. The van der Waals surface area contributed by atoms with Crippen molar-refractivity contribution in [1.82, 2.24) is 0 Å². The zero-order valence-electron chi connectivity index (χ0n) is 7.77. The lowest BCUT2D eigenvalue weighted by Crippen LogP contribution is -1.92. The maximum atomic E-state index is 10.5. The molecule has 0 aliphatic heterocycles. The summed E-state index contributed by atoms with van der Waals surface area (Å²) >= 11 is 1.48. The summed E-state index contributed by atoms with van der Waals surface area (Å²) in [6.07, 6.45) is 0. The van der Waals surface area contributed by atoms with Crippen LogP contribution in [0.1, 0.15) is 5.56 Å². The first-order valence-corrected chi connectivity index (χ1v) is 5.12. The van der Waals surface area contributed by atoms with Crippen LogP contribution >= 0.6 is 11.8 Å². The molecule has 0 fully saturated rings. The quantitative estimate of drug-likeness (QED) is 0.472. The predicted molar refractivity (Wildman–Crippen MR) is 55.6 cm³/mol. The number of aryl methyl sites for hydroxylation is 1. The first-order chi connectivity index (χ1) is 6.65. The van der Waals surface area contributed by atoms with E-state index in [2.05, 4.69) is 0 Å². The average Bonchev–Trinajstić information content (AvgIpc) is 2.14. The number of nitrogens with zero attached hydrogens (tertiary/aromatic N) is 1. The van der Waals surface area contributed by atoms with Gasteiger partial charge in [-0.25, -0.2) is 0 Å². The van der Waals surface area contributed by atoms with Crippen LogP contribution in [-0.2, 0) is 0 Å². The highest BCUT2D eigenvalue weighted by molar-refractivity contribution is 7.99. The highest BCUT2D eigenvalue weighted by Gasteiger charge is 2.09. The van der Waals surface area contributed by atoms with Crippen molar-refractivity contribution in [3.63, 3.8) is 0 Å². The molecule has 0 heterocycles. The second-order valence-corrected chi connectivity index (χ2v) is 3.95. The minimum Gasteiger partial charge on any atom is -0.396 e. The van der Waals surface area contributed by atoms with E-state index in [0.29, 0.717) is 11.3 Å². The molecule has 0 unspecified atom stereocenters. The predicted octanol–water partition coefficient (Wildman–Crippen LogP) is 1.99. The van der Waals surface area contributed by atoms with Crippen molar-refractivity contribution in [2.45, 2.75) is 11.8 Å². The largest absolute Gasteiger partial charge is 0.396 e. The van der Waals surface area contributed by atoms with Gasteiger partial charge in [0.2, 0.25) is 0 Å². The lowest BCUT2D eigenvalue weighted by molar-refractivity contribution is -0.385. The molecule has 1 aromatic rings. The monoisotopic (exact) mass is 213 g/mol. The van der Waals surface area contributed by atoms with E-state index in [1.54, 1.807) is 19.1 Å². The molecule has 4 nitrogen and oxygen atoms in total. The molecule has 0 bridgehead atoms. The van der Waals surface area contributed by atoms with Crippen LogP contribution in [0, 0.1) is 17.0 Å². The molecule has 0 aliphatic rings. The Bertz CT molecular complexity index is 341. The van der Waals surface area contributed by atoms with E-state index in [1.807, 2.05) is 0 Å². The minimum absolute atomic E-state index is 0.112. The molecule has 0 radical (unpaired) electrons. The number of hydrogen-bond donors (Lipinski definition) is 1. The van der Waals surface area contributed by atoms with Crippen LogP contribution in [-0.4, -0.2) is 22.4 Å². The van der Waals surface area contributed by atoms with E-state index >= 15 is 0 Å². The highest BCUT2D eigenvalue weighted by atomic mass is 32.2. The number of hydrogen-bond acceptors (Lipinski definition) is 4. The Balaban J connectivity index is 2.83. The van der Waals surface area contributed by atoms with Gasteiger partial charge in [-0.1, -0.05) is 0 Å². The number of rotatable bonds is 4. The van der Waals surface area contributed by atoms with Gasteiger partial charge < -0.3 is 5.11 Å². The summed E-state index contributed by atoms with van der Waals surface area (Å²) in [6, 6.07) is 4.96. The fraction of sp³-hybridized carbons (Fsp3) is 0.333. The van der Waals surface area contributed by atoms with Crippen molar-refractivity contribution in [2.24, 2.45) is 0 Å². The third-order valence-corrected chi connectivity index (χ3v) is 2.70. The molecule has 76 valence electrons. The number of aliphatic hydroxyl groups is 1. The molecular formula is C9H11NO3S. The second-order valence-electron chi connectivity index (χ2n) is 2.78. The van der Waals surface area contributed by atoms with Crippen molar-refractivity contribution < 1.29 is 10.0 Å². The standard InChI is InChI=1S/C9H11NO3S/c1-7-6-8(14-5-4-11)2-3-9(7)10(12)13/h2-3,6,11H,4-5H2,1H3. The third-order valence-electron chi connectivity index (χ3n) is 1.72. The van der Waals surface area contributed by atoms with Gasteiger partial charge in [0, 0.05) is 22.3 Å². The molecule has 0 saturated heterocycles. The molecule has 5 heteroatoms. The average molecular weight is 213 g/mol. The molecule has 0 atom stereocenters. The molecular weight excluding hydrogens is 202 g/mol. The molecule has 0 aromatic heterocycles. The summed E-state index contributed by atoms with van der Waals surface area (Å²) in [6.45, 7) is 1.82. The number of nitro groups is 1.